The Labute approximate surface area is 121 Å². The average Bonchev–Trinajstić information content (AvgIpc) is 2.68. The summed E-state index contributed by atoms with van der Waals surface area (Å²) >= 11 is 5.64. The van der Waals surface area contributed by atoms with Gasteiger partial charge in [-0.3, -0.25) is 0 Å². The lowest BCUT2D eigenvalue weighted by molar-refractivity contribution is -0.0369. The van der Waals surface area contributed by atoms with Crippen molar-refractivity contribution >= 4 is 49.4 Å². The van der Waals surface area contributed by atoms with E-state index in [1.54, 1.807) is 0 Å². The molecular formula is C11H11BrIN3O. The van der Waals surface area contributed by atoms with Crippen molar-refractivity contribution in [3.8, 4) is 0 Å². The summed E-state index contributed by atoms with van der Waals surface area (Å²) in [5.74, 6) is 0. The molecule has 1 aliphatic rings. The van der Waals surface area contributed by atoms with E-state index in [0.29, 0.717) is 0 Å². The van der Waals surface area contributed by atoms with E-state index in [0.717, 1.165) is 38.7 Å². The monoisotopic (exact) mass is 407 g/mol. The Hall–Kier alpha value is -0.210. The molecule has 3 rings (SSSR count). The van der Waals surface area contributed by atoms with Crippen LogP contribution < -0.4 is 0 Å². The molecule has 1 fully saturated rings. The molecule has 0 bridgehead atoms. The lowest BCUT2D eigenvalue weighted by atomic mass is 10.2. The van der Waals surface area contributed by atoms with Crippen LogP contribution >= 0.6 is 38.5 Å². The third-order valence-electron chi connectivity index (χ3n) is 2.94. The highest BCUT2D eigenvalue weighted by atomic mass is 127. The molecule has 0 radical (unpaired) electrons. The van der Waals surface area contributed by atoms with Gasteiger partial charge in [-0.25, -0.2) is 9.67 Å². The summed E-state index contributed by atoms with van der Waals surface area (Å²) in [6.07, 6.45) is 5.30. The van der Waals surface area contributed by atoms with Gasteiger partial charge in [0, 0.05) is 12.0 Å². The predicted molar refractivity (Wildman–Crippen MR) is 76.8 cm³/mol. The Morgan fingerprint density at radius 1 is 1.47 bits per heavy atom. The molecule has 0 saturated carbocycles. The Bertz CT molecular complexity index is 551. The van der Waals surface area contributed by atoms with Crippen molar-refractivity contribution in [2.45, 2.75) is 25.5 Å². The minimum absolute atomic E-state index is 0.0674. The number of fused-ring (bicyclic) bond motifs is 1. The zero-order valence-electron chi connectivity index (χ0n) is 9.07. The topological polar surface area (TPSA) is 39.9 Å². The number of nitrogens with zero attached hydrogens (tertiary/aromatic N) is 3. The largest absolute Gasteiger partial charge is 0.356 e. The number of aromatic nitrogens is 3. The molecule has 1 aliphatic heterocycles. The minimum Gasteiger partial charge on any atom is -0.356 e. The summed E-state index contributed by atoms with van der Waals surface area (Å²) in [4.78, 5) is 4.27. The molecule has 4 nitrogen and oxygen atoms in total. The maximum atomic E-state index is 5.77. The molecule has 0 aromatic carbocycles. The number of hydrogen-bond donors (Lipinski definition) is 0. The molecule has 0 N–H and O–H groups in total. The van der Waals surface area contributed by atoms with Gasteiger partial charge in [-0.05, 0) is 63.8 Å². The highest BCUT2D eigenvalue weighted by Gasteiger charge is 2.20. The van der Waals surface area contributed by atoms with Gasteiger partial charge in [0.25, 0.3) is 0 Å². The molecule has 0 spiro atoms. The van der Waals surface area contributed by atoms with Crippen LogP contribution in [0, 0.1) is 3.70 Å². The van der Waals surface area contributed by atoms with Gasteiger partial charge < -0.3 is 4.74 Å². The van der Waals surface area contributed by atoms with Gasteiger partial charge in [-0.1, -0.05) is 0 Å². The molecule has 0 aliphatic carbocycles. The molecule has 2 aromatic rings. The number of hydrogen-bond acceptors (Lipinski definition) is 3. The van der Waals surface area contributed by atoms with Crippen LogP contribution in [0.25, 0.3) is 10.9 Å². The van der Waals surface area contributed by atoms with Crippen molar-refractivity contribution in [3.05, 3.63) is 20.6 Å². The van der Waals surface area contributed by atoms with Crippen LogP contribution in [0.1, 0.15) is 25.5 Å². The molecule has 3 heterocycles. The fourth-order valence-corrected chi connectivity index (χ4v) is 3.10. The van der Waals surface area contributed by atoms with Gasteiger partial charge in [0.05, 0.1) is 11.7 Å². The Balaban J connectivity index is 2.10. The summed E-state index contributed by atoms with van der Waals surface area (Å²) in [7, 11) is 0. The highest BCUT2D eigenvalue weighted by molar-refractivity contribution is 14.1. The first-order valence-electron chi connectivity index (χ1n) is 5.56. The molecule has 1 atom stereocenters. The fraction of sp³-hybridized carbons (Fsp3) is 0.455. The van der Waals surface area contributed by atoms with E-state index in [4.69, 9.17) is 4.74 Å². The SMILES string of the molecule is Brc1cc2c(I)nn([C@H]3CCCCO3)c2cn1. The standard InChI is InChI=1S/C11H11BrIN3O/c12-9-5-7-8(6-14-9)16(15-11(7)13)10-3-1-2-4-17-10/h5-6,10H,1-4H2/t10-/m1/s1. The third kappa shape index (κ3) is 2.22. The summed E-state index contributed by atoms with van der Waals surface area (Å²) in [5.41, 5.74) is 1.05. The molecule has 0 amide bonds. The van der Waals surface area contributed by atoms with Crippen LogP contribution in [0.3, 0.4) is 0 Å². The molecular weight excluding hydrogens is 397 g/mol. The lowest BCUT2D eigenvalue weighted by Gasteiger charge is -2.23. The molecule has 2 aromatic heterocycles. The van der Waals surface area contributed by atoms with Crippen molar-refractivity contribution in [2.24, 2.45) is 0 Å². The van der Waals surface area contributed by atoms with E-state index < -0.39 is 0 Å². The first-order chi connectivity index (χ1) is 8.25. The van der Waals surface area contributed by atoms with E-state index in [2.05, 4.69) is 48.6 Å². The van der Waals surface area contributed by atoms with Crippen LogP contribution in [0.15, 0.2) is 16.9 Å². The van der Waals surface area contributed by atoms with Gasteiger partial charge in [-0.2, -0.15) is 5.10 Å². The third-order valence-corrected chi connectivity index (χ3v) is 4.17. The summed E-state index contributed by atoms with van der Waals surface area (Å²) in [6.45, 7) is 0.826. The molecule has 90 valence electrons. The summed E-state index contributed by atoms with van der Waals surface area (Å²) in [6, 6.07) is 2.00. The first-order valence-corrected chi connectivity index (χ1v) is 7.44. The quantitative estimate of drug-likeness (QED) is 0.536. The molecule has 1 saturated heterocycles. The summed E-state index contributed by atoms with van der Waals surface area (Å²) in [5, 5.41) is 5.70. The molecule has 0 unspecified atom stereocenters. The van der Waals surface area contributed by atoms with Gasteiger partial charge in [0.15, 0.2) is 6.23 Å². The second-order valence-electron chi connectivity index (χ2n) is 4.08. The number of pyridine rings is 1. The van der Waals surface area contributed by atoms with Crippen molar-refractivity contribution in [3.63, 3.8) is 0 Å². The van der Waals surface area contributed by atoms with Crippen LogP contribution in [0.5, 0.6) is 0 Å². The van der Waals surface area contributed by atoms with Crippen molar-refractivity contribution < 1.29 is 4.74 Å². The van der Waals surface area contributed by atoms with Crippen molar-refractivity contribution in [1.29, 1.82) is 0 Å². The maximum absolute atomic E-state index is 5.77. The first kappa shape index (κ1) is 11.9. The van der Waals surface area contributed by atoms with Crippen LogP contribution in [0.4, 0.5) is 0 Å². The smallest absolute Gasteiger partial charge is 0.150 e. The van der Waals surface area contributed by atoms with E-state index in [9.17, 15) is 0 Å². The zero-order valence-corrected chi connectivity index (χ0v) is 12.8. The zero-order chi connectivity index (χ0) is 11.8. The maximum Gasteiger partial charge on any atom is 0.150 e. The van der Waals surface area contributed by atoms with E-state index in [-0.39, 0.29) is 6.23 Å². The summed E-state index contributed by atoms with van der Waals surface area (Å²) < 4.78 is 9.58. The molecule has 6 heteroatoms. The Kier molecular flexibility index (Phi) is 3.36. The highest BCUT2D eigenvalue weighted by Crippen LogP contribution is 2.29. The van der Waals surface area contributed by atoms with E-state index in [1.807, 2.05) is 16.9 Å². The van der Waals surface area contributed by atoms with Gasteiger partial charge in [0.1, 0.15) is 8.30 Å². The van der Waals surface area contributed by atoms with Gasteiger partial charge in [-0.15, -0.1) is 0 Å². The normalized spacial score (nSPS) is 20.9. The van der Waals surface area contributed by atoms with Gasteiger partial charge >= 0.3 is 0 Å². The van der Waals surface area contributed by atoms with E-state index >= 15 is 0 Å². The second kappa shape index (κ2) is 4.81. The Morgan fingerprint density at radius 3 is 3.12 bits per heavy atom. The lowest BCUT2D eigenvalue weighted by Crippen LogP contribution is -2.19. The van der Waals surface area contributed by atoms with Gasteiger partial charge in [0.2, 0.25) is 0 Å². The number of halogens is 2. The van der Waals surface area contributed by atoms with E-state index in [1.165, 1.54) is 6.42 Å². The van der Waals surface area contributed by atoms with Crippen molar-refractivity contribution in [2.75, 3.05) is 6.61 Å². The van der Waals surface area contributed by atoms with Crippen LogP contribution in [0.2, 0.25) is 0 Å². The predicted octanol–water partition coefficient (Wildman–Crippen LogP) is 3.50. The second-order valence-corrected chi connectivity index (χ2v) is 5.92. The fourth-order valence-electron chi connectivity index (χ4n) is 2.11. The molecule has 17 heavy (non-hydrogen) atoms. The van der Waals surface area contributed by atoms with Crippen molar-refractivity contribution in [1.82, 2.24) is 14.8 Å². The Morgan fingerprint density at radius 2 is 2.35 bits per heavy atom. The number of ether oxygens (including phenoxy) is 1. The minimum atomic E-state index is 0.0674. The average molecular weight is 408 g/mol. The van der Waals surface area contributed by atoms with Crippen LogP contribution in [-0.4, -0.2) is 21.4 Å². The number of rotatable bonds is 1. The van der Waals surface area contributed by atoms with Crippen LogP contribution in [-0.2, 0) is 4.74 Å².